The molecule has 2 rings (SSSR count). The normalized spacial score (nSPS) is 13.6. The van der Waals surface area contributed by atoms with Gasteiger partial charge in [-0.2, -0.15) is 0 Å². The summed E-state index contributed by atoms with van der Waals surface area (Å²) in [6, 6.07) is 5.72. The molecule has 1 aromatic carbocycles. The van der Waals surface area contributed by atoms with E-state index in [1.165, 1.54) is 0 Å². The molecule has 0 radical (unpaired) electrons. The van der Waals surface area contributed by atoms with Crippen LogP contribution in [0.25, 0.3) is 0 Å². The number of rotatable bonds is 1. The number of carbonyl (C=O) groups excluding carboxylic acids is 1. The molecule has 1 aliphatic heterocycles. The zero-order valence-corrected chi connectivity index (χ0v) is 7.84. The number of aliphatic imine (C=N–C) groups is 1. The van der Waals surface area contributed by atoms with Gasteiger partial charge in [0.05, 0.1) is 5.56 Å². The molecular weight excluding hydrogens is 218 g/mol. The van der Waals surface area contributed by atoms with Gasteiger partial charge >= 0.3 is 0 Å². The Morgan fingerprint density at radius 1 is 1.42 bits per heavy atom. The molecule has 1 aromatic rings. The fourth-order valence-electron chi connectivity index (χ4n) is 1.19. The fourth-order valence-corrected chi connectivity index (χ4v) is 1.54. The van der Waals surface area contributed by atoms with Crippen LogP contribution < -0.4 is 0 Å². The van der Waals surface area contributed by atoms with E-state index >= 15 is 0 Å². The summed E-state index contributed by atoms with van der Waals surface area (Å²) < 4.78 is 0. The highest BCUT2D eigenvalue weighted by Gasteiger charge is 2.14. The second-order valence-corrected chi connectivity index (χ2v) is 3.18. The number of hydrogen-bond donors (Lipinski definition) is 0. The number of hydrogen-bond acceptors (Lipinski definition) is 1. The Hall–Kier alpha value is -0.960. The minimum atomic E-state index is -0.133. The first kappa shape index (κ1) is 7.68. The molecule has 1 heterocycles. The van der Waals surface area contributed by atoms with Crippen LogP contribution in [-0.2, 0) is 5.33 Å². The first-order valence-electron chi connectivity index (χ1n) is 3.58. The van der Waals surface area contributed by atoms with Gasteiger partial charge in [0.2, 0.25) is 0 Å². The number of benzene rings is 1. The van der Waals surface area contributed by atoms with Gasteiger partial charge in [0.25, 0.3) is 5.91 Å². The lowest BCUT2D eigenvalue weighted by Crippen LogP contribution is -1.92. The minimum Gasteiger partial charge on any atom is -0.267 e. The van der Waals surface area contributed by atoms with Crippen molar-refractivity contribution in [1.82, 2.24) is 0 Å². The molecule has 0 aliphatic carbocycles. The van der Waals surface area contributed by atoms with Gasteiger partial charge in [-0.05, 0) is 17.7 Å². The van der Waals surface area contributed by atoms with Crippen molar-refractivity contribution in [3.05, 3.63) is 34.9 Å². The van der Waals surface area contributed by atoms with E-state index < -0.39 is 0 Å². The SMILES string of the molecule is O=C1N=Cc2cc(CBr)ccc21. The second-order valence-electron chi connectivity index (χ2n) is 2.62. The Morgan fingerprint density at radius 2 is 2.25 bits per heavy atom. The maximum Gasteiger partial charge on any atom is 0.277 e. The Labute approximate surface area is 78.4 Å². The van der Waals surface area contributed by atoms with Crippen LogP contribution in [0.2, 0.25) is 0 Å². The fraction of sp³-hybridized carbons (Fsp3) is 0.111. The molecular formula is C9H6BrNO. The van der Waals surface area contributed by atoms with E-state index in [2.05, 4.69) is 20.9 Å². The molecule has 1 aliphatic rings. The Morgan fingerprint density at radius 3 is 3.00 bits per heavy atom. The molecule has 1 amide bonds. The highest BCUT2D eigenvalue weighted by Crippen LogP contribution is 2.17. The van der Waals surface area contributed by atoms with Crippen LogP contribution in [0.15, 0.2) is 23.2 Å². The van der Waals surface area contributed by atoms with E-state index in [0.29, 0.717) is 5.56 Å². The van der Waals surface area contributed by atoms with Crippen molar-refractivity contribution in [1.29, 1.82) is 0 Å². The molecule has 12 heavy (non-hydrogen) atoms. The number of fused-ring (bicyclic) bond motifs is 1. The van der Waals surface area contributed by atoms with Crippen molar-refractivity contribution >= 4 is 28.1 Å². The van der Waals surface area contributed by atoms with E-state index in [1.807, 2.05) is 18.2 Å². The zero-order valence-electron chi connectivity index (χ0n) is 6.25. The minimum absolute atomic E-state index is 0.133. The molecule has 0 atom stereocenters. The summed E-state index contributed by atoms with van der Waals surface area (Å²) in [5.74, 6) is -0.133. The van der Waals surface area contributed by atoms with Crippen molar-refractivity contribution in [3.63, 3.8) is 0 Å². The Bertz CT molecular complexity index is 371. The van der Waals surface area contributed by atoms with Crippen LogP contribution in [0.1, 0.15) is 21.5 Å². The van der Waals surface area contributed by atoms with Crippen molar-refractivity contribution in [2.24, 2.45) is 4.99 Å². The Balaban J connectivity index is 2.54. The van der Waals surface area contributed by atoms with Crippen molar-refractivity contribution in [2.45, 2.75) is 5.33 Å². The molecule has 0 fully saturated rings. The van der Waals surface area contributed by atoms with E-state index in [-0.39, 0.29) is 5.91 Å². The third-order valence-corrected chi connectivity index (χ3v) is 2.47. The predicted molar refractivity (Wildman–Crippen MR) is 51.0 cm³/mol. The molecule has 0 unspecified atom stereocenters. The number of amides is 1. The number of halogens is 1. The standard InChI is InChI=1S/C9H6BrNO/c10-4-6-1-2-8-7(3-6)5-11-9(8)12/h1-3,5H,4H2. The lowest BCUT2D eigenvalue weighted by molar-refractivity contribution is 0.101. The highest BCUT2D eigenvalue weighted by molar-refractivity contribution is 9.08. The number of nitrogens with zero attached hydrogens (tertiary/aromatic N) is 1. The predicted octanol–water partition coefficient (Wildman–Crippen LogP) is 2.15. The van der Waals surface area contributed by atoms with Gasteiger partial charge in [0, 0.05) is 17.1 Å². The van der Waals surface area contributed by atoms with Gasteiger partial charge in [-0.15, -0.1) is 0 Å². The average molecular weight is 224 g/mol. The van der Waals surface area contributed by atoms with E-state index in [0.717, 1.165) is 16.5 Å². The van der Waals surface area contributed by atoms with E-state index in [9.17, 15) is 4.79 Å². The number of alkyl halides is 1. The lowest BCUT2D eigenvalue weighted by atomic mass is 10.1. The molecule has 0 bridgehead atoms. The summed E-state index contributed by atoms with van der Waals surface area (Å²) in [6.45, 7) is 0. The van der Waals surface area contributed by atoms with E-state index in [1.54, 1.807) is 6.21 Å². The molecule has 60 valence electrons. The third kappa shape index (κ3) is 1.10. The topological polar surface area (TPSA) is 29.4 Å². The largest absolute Gasteiger partial charge is 0.277 e. The van der Waals surface area contributed by atoms with Crippen LogP contribution in [0.4, 0.5) is 0 Å². The van der Waals surface area contributed by atoms with Gasteiger partial charge < -0.3 is 0 Å². The van der Waals surface area contributed by atoms with Crippen LogP contribution in [-0.4, -0.2) is 12.1 Å². The maximum atomic E-state index is 11.1. The van der Waals surface area contributed by atoms with Crippen LogP contribution >= 0.6 is 15.9 Å². The smallest absolute Gasteiger partial charge is 0.267 e. The molecule has 0 saturated heterocycles. The van der Waals surface area contributed by atoms with Gasteiger partial charge in [0.15, 0.2) is 0 Å². The maximum absolute atomic E-state index is 11.1. The summed E-state index contributed by atoms with van der Waals surface area (Å²) in [5.41, 5.74) is 2.80. The quantitative estimate of drug-likeness (QED) is 0.672. The van der Waals surface area contributed by atoms with Crippen molar-refractivity contribution in [3.8, 4) is 0 Å². The monoisotopic (exact) mass is 223 g/mol. The van der Waals surface area contributed by atoms with Crippen molar-refractivity contribution in [2.75, 3.05) is 0 Å². The second kappa shape index (κ2) is 2.83. The van der Waals surface area contributed by atoms with Gasteiger partial charge in [-0.1, -0.05) is 22.0 Å². The van der Waals surface area contributed by atoms with Gasteiger partial charge in [-0.25, -0.2) is 4.99 Å². The average Bonchev–Trinajstić information content (AvgIpc) is 2.47. The molecule has 3 heteroatoms. The summed E-state index contributed by atoms with van der Waals surface area (Å²) in [7, 11) is 0. The zero-order chi connectivity index (χ0) is 8.55. The highest BCUT2D eigenvalue weighted by atomic mass is 79.9. The lowest BCUT2D eigenvalue weighted by Gasteiger charge is -1.97. The molecule has 2 nitrogen and oxygen atoms in total. The van der Waals surface area contributed by atoms with Crippen LogP contribution in [0, 0.1) is 0 Å². The van der Waals surface area contributed by atoms with Crippen molar-refractivity contribution < 1.29 is 4.79 Å². The first-order chi connectivity index (χ1) is 5.81. The Kier molecular flexibility index (Phi) is 1.81. The van der Waals surface area contributed by atoms with Crippen LogP contribution in [0.5, 0.6) is 0 Å². The van der Waals surface area contributed by atoms with Gasteiger partial charge in [-0.3, -0.25) is 4.79 Å². The summed E-state index contributed by atoms with van der Waals surface area (Å²) in [6.07, 6.45) is 1.61. The summed E-state index contributed by atoms with van der Waals surface area (Å²) in [5, 5.41) is 0.808. The molecule has 0 N–H and O–H groups in total. The van der Waals surface area contributed by atoms with Crippen LogP contribution in [0.3, 0.4) is 0 Å². The third-order valence-electron chi connectivity index (χ3n) is 1.82. The number of carbonyl (C=O) groups is 1. The first-order valence-corrected chi connectivity index (χ1v) is 4.70. The van der Waals surface area contributed by atoms with E-state index in [4.69, 9.17) is 0 Å². The molecule has 0 aromatic heterocycles. The van der Waals surface area contributed by atoms with Gasteiger partial charge in [0.1, 0.15) is 0 Å². The summed E-state index contributed by atoms with van der Waals surface area (Å²) >= 11 is 3.35. The summed E-state index contributed by atoms with van der Waals surface area (Å²) in [4.78, 5) is 14.8. The molecule has 0 spiro atoms. The molecule has 0 saturated carbocycles.